The summed E-state index contributed by atoms with van der Waals surface area (Å²) >= 11 is 0. The van der Waals surface area contributed by atoms with Gasteiger partial charge in [-0.2, -0.15) is 0 Å². The summed E-state index contributed by atoms with van der Waals surface area (Å²) in [5, 5.41) is 2.89. The molecule has 1 rings (SSSR count). The van der Waals surface area contributed by atoms with E-state index in [1.54, 1.807) is 12.4 Å². The molecule has 1 heterocycles. The van der Waals surface area contributed by atoms with Gasteiger partial charge in [0, 0.05) is 24.9 Å². The van der Waals surface area contributed by atoms with Crippen molar-refractivity contribution in [2.75, 3.05) is 6.54 Å². The molecule has 0 bridgehead atoms. The number of carbonyl (C=O) groups is 1. The van der Waals surface area contributed by atoms with Gasteiger partial charge in [-0.15, -0.1) is 0 Å². The Balaban J connectivity index is 2.56. The monoisotopic (exact) mass is 207 g/mol. The fourth-order valence-corrected chi connectivity index (χ4v) is 1.18. The number of nitrogens with two attached hydrogens (primary N) is 1. The van der Waals surface area contributed by atoms with E-state index < -0.39 is 0 Å². The molecule has 0 radical (unpaired) electrons. The van der Waals surface area contributed by atoms with Crippen molar-refractivity contribution in [3.63, 3.8) is 0 Å². The van der Waals surface area contributed by atoms with Crippen molar-refractivity contribution in [2.24, 2.45) is 11.7 Å². The molecular weight excluding hydrogens is 190 g/mol. The van der Waals surface area contributed by atoms with Crippen LogP contribution in [0.4, 0.5) is 0 Å². The van der Waals surface area contributed by atoms with Gasteiger partial charge in [-0.3, -0.25) is 9.78 Å². The van der Waals surface area contributed by atoms with Gasteiger partial charge in [0.15, 0.2) is 0 Å². The highest BCUT2D eigenvalue weighted by atomic mass is 16.1. The Bertz CT molecular complexity index is 313. The van der Waals surface area contributed by atoms with E-state index in [0.29, 0.717) is 6.54 Å². The molecule has 0 aliphatic rings. The number of pyridine rings is 1. The predicted molar refractivity (Wildman–Crippen MR) is 59.0 cm³/mol. The second-order valence-corrected chi connectivity index (χ2v) is 3.65. The van der Waals surface area contributed by atoms with Crippen LogP contribution in [0.15, 0.2) is 24.5 Å². The first-order chi connectivity index (χ1) is 7.15. The number of nitrogens with one attached hydrogen (secondary N) is 1. The lowest BCUT2D eigenvalue weighted by Crippen LogP contribution is -2.34. The van der Waals surface area contributed by atoms with Gasteiger partial charge in [-0.1, -0.05) is 13.0 Å². The highest BCUT2D eigenvalue weighted by Gasteiger charge is 2.14. The molecule has 3 N–H and O–H groups in total. The van der Waals surface area contributed by atoms with E-state index in [1.165, 1.54) is 0 Å². The molecule has 0 saturated heterocycles. The van der Waals surface area contributed by atoms with Crippen LogP contribution in [0.1, 0.15) is 25.5 Å². The Morgan fingerprint density at radius 2 is 2.33 bits per heavy atom. The summed E-state index contributed by atoms with van der Waals surface area (Å²) in [7, 11) is 0. The standard InChI is InChI=1S/C11H17N3O/c1-8(6-12)11(15)14-9(2)10-4-3-5-13-7-10/h3-5,7-9H,6,12H2,1-2H3,(H,14,15). The van der Waals surface area contributed by atoms with Crippen LogP contribution in [0.25, 0.3) is 0 Å². The third-order valence-corrected chi connectivity index (χ3v) is 2.34. The summed E-state index contributed by atoms with van der Waals surface area (Å²) in [6.45, 7) is 4.11. The van der Waals surface area contributed by atoms with Crippen LogP contribution < -0.4 is 11.1 Å². The largest absolute Gasteiger partial charge is 0.349 e. The van der Waals surface area contributed by atoms with Crippen molar-refractivity contribution in [3.05, 3.63) is 30.1 Å². The molecule has 82 valence electrons. The second kappa shape index (κ2) is 5.46. The van der Waals surface area contributed by atoms with Crippen molar-refractivity contribution in [1.82, 2.24) is 10.3 Å². The van der Waals surface area contributed by atoms with Crippen molar-refractivity contribution >= 4 is 5.91 Å². The van der Waals surface area contributed by atoms with Gasteiger partial charge in [0.1, 0.15) is 0 Å². The minimum Gasteiger partial charge on any atom is -0.349 e. The summed E-state index contributed by atoms with van der Waals surface area (Å²) in [4.78, 5) is 15.5. The molecule has 2 atom stereocenters. The quantitative estimate of drug-likeness (QED) is 0.769. The summed E-state index contributed by atoms with van der Waals surface area (Å²) in [6.07, 6.45) is 3.46. The number of amides is 1. The number of aromatic nitrogens is 1. The molecule has 1 aromatic rings. The van der Waals surface area contributed by atoms with Crippen molar-refractivity contribution in [2.45, 2.75) is 19.9 Å². The Morgan fingerprint density at radius 3 is 2.87 bits per heavy atom. The lowest BCUT2D eigenvalue weighted by atomic mass is 10.1. The van der Waals surface area contributed by atoms with Crippen LogP contribution >= 0.6 is 0 Å². The van der Waals surface area contributed by atoms with Crippen LogP contribution in [0.2, 0.25) is 0 Å². The van der Waals surface area contributed by atoms with Gasteiger partial charge in [-0.25, -0.2) is 0 Å². The van der Waals surface area contributed by atoms with Gasteiger partial charge >= 0.3 is 0 Å². The summed E-state index contributed by atoms with van der Waals surface area (Å²) in [6, 6.07) is 3.76. The van der Waals surface area contributed by atoms with E-state index in [0.717, 1.165) is 5.56 Å². The number of hydrogen-bond donors (Lipinski definition) is 2. The third-order valence-electron chi connectivity index (χ3n) is 2.34. The first-order valence-corrected chi connectivity index (χ1v) is 5.05. The molecule has 1 aromatic heterocycles. The van der Waals surface area contributed by atoms with Crippen LogP contribution in [0.5, 0.6) is 0 Å². The number of hydrogen-bond acceptors (Lipinski definition) is 3. The zero-order chi connectivity index (χ0) is 11.3. The van der Waals surface area contributed by atoms with Crippen LogP contribution in [-0.4, -0.2) is 17.4 Å². The smallest absolute Gasteiger partial charge is 0.224 e. The van der Waals surface area contributed by atoms with E-state index in [4.69, 9.17) is 5.73 Å². The zero-order valence-electron chi connectivity index (χ0n) is 9.10. The molecule has 4 nitrogen and oxygen atoms in total. The van der Waals surface area contributed by atoms with E-state index in [-0.39, 0.29) is 17.9 Å². The van der Waals surface area contributed by atoms with Gasteiger partial charge in [0.2, 0.25) is 5.91 Å². The normalized spacial score (nSPS) is 14.3. The maximum absolute atomic E-state index is 11.5. The van der Waals surface area contributed by atoms with Crippen LogP contribution in [0, 0.1) is 5.92 Å². The van der Waals surface area contributed by atoms with Crippen molar-refractivity contribution < 1.29 is 4.79 Å². The molecule has 0 saturated carbocycles. The first kappa shape index (κ1) is 11.7. The van der Waals surface area contributed by atoms with Gasteiger partial charge in [0.25, 0.3) is 0 Å². The minimum atomic E-state index is -0.149. The maximum atomic E-state index is 11.5. The van der Waals surface area contributed by atoms with Crippen LogP contribution in [0.3, 0.4) is 0 Å². The van der Waals surface area contributed by atoms with Gasteiger partial charge in [-0.05, 0) is 18.6 Å². The molecule has 0 aliphatic heterocycles. The molecule has 0 spiro atoms. The highest BCUT2D eigenvalue weighted by Crippen LogP contribution is 2.10. The minimum absolute atomic E-state index is 0.0196. The molecule has 0 fully saturated rings. The Labute approximate surface area is 89.9 Å². The van der Waals surface area contributed by atoms with Crippen molar-refractivity contribution in [3.8, 4) is 0 Å². The number of carbonyl (C=O) groups excluding carboxylic acids is 1. The molecule has 15 heavy (non-hydrogen) atoms. The lowest BCUT2D eigenvalue weighted by Gasteiger charge is -2.16. The fraction of sp³-hybridized carbons (Fsp3) is 0.455. The van der Waals surface area contributed by atoms with E-state index in [1.807, 2.05) is 26.0 Å². The Hall–Kier alpha value is -1.42. The Kier molecular flexibility index (Phi) is 4.24. The lowest BCUT2D eigenvalue weighted by molar-refractivity contribution is -0.124. The van der Waals surface area contributed by atoms with Gasteiger partial charge < -0.3 is 11.1 Å². The first-order valence-electron chi connectivity index (χ1n) is 5.05. The second-order valence-electron chi connectivity index (χ2n) is 3.65. The van der Waals surface area contributed by atoms with Crippen LogP contribution in [-0.2, 0) is 4.79 Å². The molecule has 4 heteroatoms. The third kappa shape index (κ3) is 3.32. The topological polar surface area (TPSA) is 68.0 Å². The average molecular weight is 207 g/mol. The van der Waals surface area contributed by atoms with E-state index >= 15 is 0 Å². The molecule has 1 amide bonds. The molecular formula is C11H17N3O. The van der Waals surface area contributed by atoms with Gasteiger partial charge in [0.05, 0.1) is 6.04 Å². The molecule has 0 aliphatic carbocycles. The Morgan fingerprint density at radius 1 is 1.60 bits per heavy atom. The van der Waals surface area contributed by atoms with E-state index in [9.17, 15) is 4.79 Å². The summed E-state index contributed by atoms with van der Waals surface area (Å²) in [5.74, 6) is -0.169. The zero-order valence-corrected chi connectivity index (χ0v) is 9.10. The van der Waals surface area contributed by atoms with E-state index in [2.05, 4.69) is 10.3 Å². The van der Waals surface area contributed by atoms with Crippen molar-refractivity contribution in [1.29, 1.82) is 0 Å². The summed E-state index contributed by atoms with van der Waals surface area (Å²) < 4.78 is 0. The average Bonchev–Trinajstić information content (AvgIpc) is 2.29. The molecule has 2 unspecified atom stereocenters. The summed E-state index contributed by atoms with van der Waals surface area (Å²) in [5.41, 5.74) is 6.41. The number of rotatable bonds is 4. The number of nitrogens with zero attached hydrogens (tertiary/aromatic N) is 1. The predicted octanol–water partition coefficient (Wildman–Crippen LogP) is 0.854. The SMILES string of the molecule is CC(CN)C(=O)NC(C)c1cccnc1. The maximum Gasteiger partial charge on any atom is 0.224 e. The fourth-order valence-electron chi connectivity index (χ4n) is 1.18. The highest BCUT2D eigenvalue weighted by molar-refractivity contribution is 5.78. The molecule has 0 aromatic carbocycles.